The minimum Gasteiger partial charge on any atom is -0.480 e. The second kappa shape index (κ2) is 14.6. The highest BCUT2D eigenvalue weighted by Gasteiger charge is 2.31. The van der Waals surface area contributed by atoms with Crippen LogP contribution in [-0.4, -0.2) is 71.2 Å². The molecule has 0 aliphatic carbocycles. The number of aliphatic carboxylic acids is 1. The van der Waals surface area contributed by atoms with Crippen molar-refractivity contribution in [2.24, 2.45) is 23.1 Å². The van der Waals surface area contributed by atoms with Gasteiger partial charge in [0.05, 0.1) is 12.5 Å². The van der Waals surface area contributed by atoms with Crippen molar-refractivity contribution in [3.05, 3.63) is 0 Å². The molecule has 0 aliphatic heterocycles. The number of thiol groups is 1. The molecule has 4 amide bonds. The van der Waals surface area contributed by atoms with E-state index in [-0.39, 0.29) is 18.1 Å². The molecule has 0 aliphatic rings. The molecule has 4 unspecified atom stereocenters. The predicted octanol–water partition coefficient (Wildman–Crippen LogP) is -2.56. The maximum atomic E-state index is 12.6. The number of carbonyl (C=O) groups is 5. The third-order valence-corrected chi connectivity index (χ3v) is 4.80. The Balaban J connectivity index is 5.25. The fourth-order valence-corrected chi connectivity index (χ4v) is 2.73. The van der Waals surface area contributed by atoms with E-state index < -0.39 is 60.2 Å². The van der Waals surface area contributed by atoms with Gasteiger partial charge in [-0.25, -0.2) is 4.79 Å². The zero-order valence-electron chi connectivity index (χ0n) is 17.8. The van der Waals surface area contributed by atoms with Crippen LogP contribution in [0, 0.1) is 5.92 Å². The first-order chi connectivity index (χ1) is 14.4. The molecule has 0 aromatic carbocycles. The summed E-state index contributed by atoms with van der Waals surface area (Å²) in [5, 5.41) is 16.3. The summed E-state index contributed by atoms with van der Waals surface area (Å²) in [6, 6.07) is -4.65. The number of carboxylic acids is 1. The van der Waals surface area contributed by atoms with Gasteiger partial charge in [0.25, 0.3) is 0 Å². The molecule has 0 spiro atoms. The fraction of sp³-hybridized carbons (Fsp3) is 0.722. The van der Waals surface area contributed by atoms with E-state index >= 15 is 0 Å². The van der Waals surface area contributed by atoms with Crippen LogP contribution in [0.3, 0.4) is 0 Å². The Morgan fingerprint density at radius 1 is 0.903 bits per heavy atom. The molecule has 0 heterocycles. The largest absolute Gasteiger partial charge is 0.480 e. The van der Waals surface area contributed by atoms with Gasteiger partial charge in [0.15, 0.2) is 0 Å². The van der Waals surface area contributed by atoms with Gasteiger partial charge in [-0.2, -0.15) is 12.6 Å². The summed E-state index contributed by atoms with van der Waals surface area (Å²) in [5.74, 6) is -4.70. The van der Waals surface area contributed by atoms with Crippen LogP contribution in [0.4, 0.5) is 0 Å². The van der Waals surface area contributed by atoms with Gasteiger partial charge in [0, 0.05) is 5.75 Å². The quantitative estimate of drug-likeness (QED) is 0.0953. The van der Waals surface area contributed by atoms with E-state index in [1.807, 2.05) is 0 Å². The molecule has 178 valence electrons. The van der Waals surface area contributed by atoms with E-state index in [0.29, 0.717) is 19.4 Å². The van der Waals surface area contributed by atoms with E-state index in [1.54, 1.807) is 13.8 Å². The van der Waals surface area contributed by atoms with Gasteiger partial charge in [-0.15, -0.1) is 0 Å². The van der Waals surface area contributed by atoms with Gasteiger partial charge in [0.1, 0.15) is 18.1 Å². The number of carbonyl (C=O) groups excluding carboxylic acids is 4. The molecule has 0 saturated heterocycles. The lowest BCUT2D eigenvalue weighted by molar-refractivity contribution is -0.142. The van der Waals surface area contributed by atoms with Crippen molar-refractivity contribution in [2.45, 2.75) is 63.7 Å². The first kappa shape index (κ1) is 28.6. The van der Waals surface area contributed by atoms with Gasteiger partial charge >= 0.3 is 5.97 Å². The molecule has 0 aromatic heterocycles. The molecule has 0 aromatic rings. The Labute approximate surface area is 186 Å². The van der Waals surface area contributed by atoms with Crippen LogP contribution in [-0.2, 0) is 24.0 Å². The molecule has 0 radical (unpaired) electrons. The maximum Gasteiger partial charge on any atom is 0.326 e. The summed E-state index contributed by atoms with van der Waals surface area (Å²) in [7, 11) is 0. The minimum atomic E-state index is -1.43. The number of hydrogen-bond acceptors (Lipinski definition) is 8. The standard InChI is InChI=1S/C18H34N6O6S/c1-9(2)14(21)17(28)24-12(8-31)16(27)23-11(7-13(20)25)15(26)22-10(18(29)30)5-3-4-6-19/h9-12,14,31H,3-8,19,21H2,1-2H3,(H2,20,25)(H,22,26)(H,23,27)(H,24,28)(H,29,30). The number of amides is 4. The number of primary amides is 1. The lowest BCUT2D eigenvalue weighted by Crippen LogP contribution is -2.58. The lowest BCUT2D eigenvalue weighted by atomic mass is 10.0. The maximum absolute atomic E-state index is 12.6. The van der Waals surface area contributed by atoms with Crippen LogP contribution in [0.15, 0.2) is 0 Å². The van der Waals surface area contributed by atoms with Gasteiger partial charge < -0.3 is 38.3 Å². The Morgan fingerprint density at radius 3 is 1.87 bits per heavy atom. The average molecular weight is 463 g/mol. The summed E-state index contributed by atoms with van der Waals surface area (Å²) >= 11 is 4.03. The second-order valence-electron chi connectivity index (χ2n) is 7.43. The van der Waals surface area contributed by atoms with Crippen molar-refractivity contribution in [1.29, 1.82) is 0 Å². The molecule has 12 nitrogen and oxygen atoms in total. The van der Waals surface area contributed by atoms with Gasteiger partial charge in [-0.1, -0.05) is 13.8 Å². The van der Waals surface area contributed by atoms with E-state index in [1.165, 1.54) is 0 Å². The molecule has 0 rings (SSSR count). The molecule has 4 atom stereocenters. The summed E-state index contributed by atoms with van der Waals surface area (Å²) in [4.78, 5) is 60.0. The topological polar surface area (TPSA) is 220 Å². The van der Waals surface area contributed by atoms with Crippen molar-refractivity contribution in [2.75, 3.05) is 12.3 Å². The lowest BCUT2D eigenvalue weighted by Gasteiger charge is -2.24. The van der Waals surface area contributed by atoms with E-state index in [2.05, 4.69) is 28.6 Å². The number of nitrogens with two attached hydrogens (primary N) is 3. The van der Waals surface area contributed by atoms with E-state index in [9.17, 15) is 29.1 Å². The Kier molecular flexibility index (Phi) is 13.5. The molecule has 0 saturated carbocycles. The van der Waals surface area contributed by atoms with Gasteiger partial charge in [-0.3, -0.25) is 19.2 Å². The van der Waals surface area contributed by atoms with Crippen LogP contribution >= 0.6 is 12.6 Å². The fourth-order valence-electron chi connectivity index (χ4n) is 2.47. The third-order valence-electron chi connectivity index (χ3n) is 4.44. The molecular formula is C18H34N6O6S. The van der Waals surface area contributed by atoms with Crippen molar-refractivity contribution < 1.29 is 29.1 Å². The summed E-state index contributed by atoms with van der Waals surface area (Å²) in [5.41, 5.74) is 16.3. The molecule has 13 heteroatoms. The van der Waals surface area contributed by atoms with Crippen molar-refractivity contribution in [3.8, 4) is 0 Å². The zero-order chi connectivity index (χ0) is 24.1. The monoisotopic (exact) mass is 462 g/mol. The number of hydrogen-bond donors (Lipinski definition) is 8. The Bertz CT molecular complexity index is 647. The average Bonchev–Trinajstić information content (AvgIpc) is 2.69. The Morgan fingerprint density at radius 2 is 1.42 bits per heavy atom. The highest BCUT2D eigenvalue weighted by atomic mass is 32.1. The molecule has 0 fully saturated rings. The molecule has 10 N–H and O–H groups in total. The summed E-state index contributed by atoms with van der Waals surface area (Å²) in [6.45, 7) is 3.84. The van der Waals surface area contributed by atoms with Crippen LogP contribution in [0.2, 0.25) is 0 Å². The second-order valence-corrected chi connectivity index (χ2v) is 7.79. The number of rotatable bonds is 15. The van der Waals surface area contributed by atoms with Crippen molar-refractivity contribution >= 4 is 42.2 Å². The van der Waals surface area contributed by atoms with Gasteiger partial charge in [-0.05, 0) is 31.7 Å². The third kappa shape index (κ3) is 11.0. The Hall–Kier alpha value is -2.38. The van der Waals surface area contributed by atoms with E-state index in [4.69, 9.17) is 17.2 Å². The SMILES string of the molecule is CC(C)C(N)C(=O)NC(CS)C(=O)NC(CC(N)=O)C(=O)NC(CCCCN)C(=O)O. The number of carboxylic acid groups (broad SMARTS) is 1. The van der Waals surface area contributed by atoms with Gasteiger partial charge in [0.2, 0.25) is 23.6 Å². The van der Waals surface area contributed by atoms with Crippen LogP contribution < -0.4 is 33.2 Å². The van der Waals surface area contributed by atoms with Crippen LogP contribution in [0.1, 0.15) is 39.5 Å². The normalized spacial score (nSPS) is 14.8. The molecular weight excluding hydrogens is 428 g/mol. The molecule has 0 bridgehead atoms. The first-order valence-electron chi connectivity index (χ1n) is 9.93. The summed E-state index contributed by atoms with van der Waals surface area (Å²) < 4.78 is 0. The highest BCUT2D eigenvalue weighted by Crippen LogP contribution is 2.04. The smallest absolute Gasteiger partial charge is 0.326 e. The first-order valence-corrected chi connectivity index (χ1v) is 10.6. The predicted molar refractivity (Wildman–Crippen MR) is 117 cm³/mol. The summed E-state index contributed by atoms with van der Waals surface area (Å²) in [6.07, 6.45) is 0.594. The van der Waals surface area contributed by atoms with E-state index in [0.717, 1.165) is 0 Å². The molecule has 31 heavy (non-hydrogen) atoms. The van der Waals surface area contributed by atoms with Crippen molar-refractivity contribution in [1.82, 2.24) is 16.0 Å². The number of nitrogens with one attached hydrogen (secondary N) is 3. The van der Waals surface area contributed by atoms with Crippen molar-refractivity contribution in [3.63, 3.8) is 0 Å². The number of unbranched alkanes of at least 4 members (excludes halogenated alkanes) is 1. The zero-order valence-corrected chi connectivity index (χ0v) is 18.7. The van der Waals surface area contributed by atoms with Crippen LogP contribution in [0.25, 0.3) is 0 Å². The minimum absolute atomic E-state index is 0.107. The van der Waals surface area contributed by atoms with Crippen LogP contribution in [0.5, 0.6) is 0 Å². The highest BCUT2D eigenvalue weighted by molar-refractivity contribution is 7.80.